The summed E-state index contributed by atoms with van der Waals surface area (Å²) in [6.07, 6.45) is 1.03. The van der Waals surface area contributed by atoms with Crippen molar-refractivity contribution in [2.45, 2.75) is 19.4 Å². The highest BCUT2D eigenvalue weighted by atomic mass is 35.5. The number of nitrogens with one attached hydrogen (secondary N) is 1. The molecule has 1 aromatic carbocycles. The highest BCUT2D eigenvalue weighted by Crippen LogP contribution is 2.26. The number of rotatable bonds is 6. The molecule has 0 aromatic heterocycles. The van der Waals surface area contributed by atoms with Crippen LogP contribution < -0.4 is 5.32 Å². The Hall–Kier alpha value is -0.320. The lowest BCUT2D eigenvalue weighted by Crippen LogP contribution is -2.40. The van der Waals surface area contributed by atoms with Gasteiger partial charge in [0.05, 0.1) is 23.3 Å². The molecule has 0 aliphatic carbocycles. The van der Waals surface area contributed by atoms with Gasteiger partial charge in [-0.15, -0.1) is 0 Å². The summed E-state index contributed by atoms with van der Waals surface area (Å²) in [6.45, 7) is 7.97. The molecule has 0 amide bonds. The first-order valence-electron chi connectivity index (χ1n) is 7.19. The van der Waals surface area contributed by atoms with Crippen molar-refractivity contribution >= 4 is 23.2 Å². The summed E-state index contributed by atoms with van der Waals surface area (Å²) in [5, 5.41) is 4.83. The Kier molecular flexibility index (Phi) is 6.59. The van der Waals surface area contributed by atoms with E-state index in [1.54, 1.807) is 0 Å². The van der Waals surface area contributed by atoms with E-state index in [9.17, 15) is 0 Å². The van der Waals surface area contributed by atoms with E-state index in [0.29, 0.717) is 16.1 Å². The van der Waals surface area contributed by atoms with Gasteiger partial charge in [-0.2, -0.15) is 0 Å². The van der Waals surface area contributed by atoms with Gasteiger partial charge in [0.2, 0.25) is 0 Å². The Balaban J connectivity index is 1.83. The zero-order chi connectivity index (χ0) is 14.4. The third-order valence-corrected chi connectivity index (χ3v) is 4.42. The first-order valence-corrected chi connectivity index (χ1v) is 7.94. The van der Waals surface area contributed by atoms with Crippen LogP contribution in [0.25, 0.3) is 0 Å². The van der Waals surface area contributed by atoms with Gasteiger partial charge in [0.1, 0.15) is 0 Å². The topological polar surface area (TPSA) is 24.5 Å². The molecule has 1 unspecified atom stereocenters. The van der Waals surface area contributed by atoms with Crippen LogP contribution in [0.1, 0.15) is 24.9 Å². The molecule has 0 bridgehead atoms. The van der Waals surface area contributed by atoms with Crippen LogP contribution in [0.4, 0.5) is 0 Å². The van der Waals surface area contributed by atoms with Gasteiger partial charge in [0.15, 0.2) is 0 Å². The molecule has 1 N–H and O–H groups in total. The molecule has 1 aromatic rings. The van der Waals surface area contributed by atoms with Gasteiger partial charge in [0, 0.05) is 32.2 Å². The molecule has 0 spiro atoms. The molecule has 5 heteroatoms. The van der Waals surface area contributed by atoms with Crippen molar-refractivity contribution in [3.05, 3.63) is 33.8 Å². The second-order valence-corrected chi connectivity index (χ2v) is 5.86. The van der Waals surface area contributed by atoms with Gasteiger partial charge in [-0.3, -0.25) is 4.90 Å². The van der Waals surface area contributed by atoms with Crippen molar-refractivity contribution in [1.82, 2.24) is 10.2 Å². The summed E-state index contributed by atoms with van der Waals surface area (Å²) >= 11 is 12.1. The summed E-state index contributed by atoms with van der Waals surface area (Å²) in [5.74, 6) is 0. The molecular weight excluding hydrogens is 295 g/mol. The molecule has 1 saturated heterocycles. The number of hydrogen-bond acceptors (Lipinski definition) is 3. The minimum absolute atomic E-state index is 0.325. The molecule has 112 valence electrons. The predicted molar refractivity (Wildman–Crippen MR) is 84.8 cm³/mol. The predicted octanol–water partition coefficient (Wildman–Crippen LogP) is 3.37. The number of benzene rings is 1. The molecule has 0 saturated carbocycles. The standard InChI is InChI=1S/C15H22Cl2N2O/c1-2-15(12-3-4-13(16)14(17)11-12)18-5-6-19-7-9-20-10-8-19/h3-4,11,15,18H,2,5-10H2,1H3. The average Bonchev–Trinajstić information content (AvgIpc) is 2.48. The minimum atomic E-state index is 0.325. The summed E-state index contributed by atoms with van der Waals surface area (Å²) in [6, 6.07) is 6.20. The maximum Gasteiger partial charge on any atom is 0.0595 e. The lowest BCUT2D eigenvalue weighted by atomic mass is 10.0. The fourth-order valence-electron chi connectivity index (χ4n) is 2.45. The third-order valence-electron chi connectivity index (χ3n) is 3.68. The van der Waals surface area contributed by atoms with Crippen LogP contribution >= 0.6 is 23.2 Å². The third kappa shape index (κ3) is 4.61. The zero-order valence-corrected chi connectivity index (χ0v) is 13.4. The molecule has 1 heterocycles. The molecule has 0 radical (unpaired) electrons. The van der Waals surface area contributed by atoms with Crippen molar-refractivity contribution < 1.29 is 4.74 Å². The largest absolute Gasteiger partial charge is 0.379 e. The summed E-state index contributed by atoms with van der Waals surface area (Å²) in [4.78, 5) is 2.43. The second kappa shape index (κ2) is 8.20. The normalized spacial score (nSPS) is 18.1. The first kappa shape index (κ1) is 16.1. The Bertz CT molecular complexity index is 422. The van der Waals surface area contributed by atoms with E-state index in [1.807, 2.05) is 18.2 Å². The minimum Gasteiger partial charge on any atom is -0.379 e. The molecule has 1 atom stereocenters. The fourth-order valence-corrected chi connectivity index (χ4v) is 2.76. The molecule has 1 aliphatic heterocycles. The van der Waals surface area contributed by atoms with Gasteiger partial charge in [0.25, 0.3) is 0 Å². The van der Waals surface area contributed by atoms with Crippen molar-refractivity contribution in [2.75, 3.05) is 39.4 Å². The second-order valence-electron chi connectivity index (χ2n) is 5.04. The summed E-state index contributed by atoms with van der Waals surface area (Å²) in [5.41, 5.74) is 1.20. The number of nitrogens with zero attached hydrogens (tertiary/aromatic N) is 1. The first-order chi connectivity index (χ1) is 9.70. The average molecular weight is 317 g/mol. The Morgan fingerprint density at radius 2 is 2.00 bits per heavy atom. The van der Waals surface area contributed by atoms with E-state index in [-0.39, 0.29) is 0 Å². The van der Waals surface area contributed by atoms with Crippen LogP contribution in [0.5, 0.6) is 0 Å². The Labute approximate surface area is 131 Å². The Morgan fingerprint density at radius 3 is 2.65 bits per heavy atom. The number of morpholine rings is 1. The fraction of sp³-hybridized carbons (Fsp3) is 0.600. The van der Waals surface area contributed by atoms with Gasteiger partial charge < -0.3 is 10.1 Å². The highest BCUT2D eigenvalue weighted by molar-refractivity contribution is 6.42. The van der Waals surface area contributed by atoms with Crippen LogP contribution in [0.15, 0.2) is 18.2 Å². The van der Waals surface area contributed by atoms with Crippen LogP contribution in [0, 0.1) is 0 Å². The SMILES string of the molecule is CCC(NCCN1CCOCC1)c1ccc(Cl)c(Cl)c1. The summed E-state index contributed by atoms with van der Waals surface area (Å²) < 4.78 is 5.35. The van der Waals surface area contributed by atoms with Gasteiger partial charge >= 0.3 is 0 Å². The van der Waals surface area contributed by atoms with Crippen molar-refractivity contribution in [2.24, 2.45) is 0 Å². The summed E-state index contributed by atoms with van der Waals surface area (Å²) in [7, 11) is 0. The van der Waals surface area contributed by atoms with Gasteiger partial charge in [-0.1, -0.05) is 36.2 Å². The van der Waals surface area contributed by atoms with Crippen molar-refractivity contribution in [1.29, 1.82) is 0 Å². The molecule has 2 rings (SSSR count). The van der Waals surface area contributed by atoms with Crippen molar-refractivity contribution in [3.63, 3.8) is 0 Å². The smallest absolute Gasteiger partial charge is 0.0595 e. The lowest BCUT2D eigenvalue weighted by Gasteiger charge is -2.27. The van der Waals surface area contributed by atoms with E-state index in [2.05, 4.69) is 17.1 Å². The van der Waals surface area contributed by atoms with Gasteiger partial charge in [-0.25, -0.2) is 0 Å². The highest BCUT2D eigenvalue weighted by Gasteiger charge is 2.13. The molecular formula is C15H22Cl2N2O. The molecule has 3 nitrogen and oxygen atoms in total. The number of ether oxygens (including phenoxy) is 1. The van der Waals surface area contributed by atoms with Crippen molar-refractivity contribution in [3.8, 4) is 0 Å². The van der Waals surface area contributed by atoms with Crippen LogP contribution in [0.3, 0.4) is 0 Å². The maximum atomic E-state index is 6.09. The number of halogens is 2. The van der Waals surface area contributed by atoms with E-state index >= 15 is 0 Å². The number of hydrogen-bond donors (Lipinski definition) is 1. The Morgan fingerprint density at radius 1 is 1.25 bits per heavy atom. The van der Waals surface area contributed by atoms with Crippen LogP contribution in [-0.4, -0.2) is 44.3 Å². The monoisotopic (exact) mass is 316 g/mol. The van der Waals surface area contributed by atoms with Gasteiger partial charge in [-0.05, 0) is 24.1 Å². The van der Waals surface area contributed by atoms with E-state index in [0.717, 1.165) is 45.8 Å². The lowest BCUT2D eigenvalue weighted by molar-refractivity contribution is 0.0381. The molecule has 1 aliphatic rings. The van der Waals surface area contributed by atoms with E-state index in [1.165, 1.54) is 5.56 Å². The maximum absolute atomic E-state index is 6.09. The van der Waals surface area contributed by atoms with Crippen LogP contribution in [-0.2, 0) is 4.74 Å². The quantitative estimate of drug-likeness (QED) is 0.871. The molecule has 1 fully saturated rings. The van der Waals surface area contributed by atoms with Crippen LogP contribution in [0.2, 0.25) is 10.0 Å². The van der Waals surface area contributed by atoms with E-state index < -0.39 is 0 Å². The zero-order valence-electron chi connectivity index (χ0n) is 11.9. The molecule has 20 heavy (non-hydrogen) atoms. The van der Waals surface area contributed by atoms with E-state index in [4.69, 9.17) is 27.9 Å².